The average Bonchev–Trinajstić information content (AvgIpc) is 2.96. The third-order valence-electron chi connectivity index (χ3n) is 3.85. The fourth-order valence-electron chi connectivity index (χ4n) is 2.76. The molecule has 2 unspecified atom stereocenters. The van der Waals surface area contributed by atoms with Crippen LogP contribution in [0.2, 0.25) is 0 Å². The molecule has 5 heteroatoms. The van der Waals surface area contributed by atoms with Crippen LogP contribution in [0.4, 0.5) is 0 Å². The number of hydrogen-bond donors (Lipinski definition) is 2. The fourth-order valence-corrected chi connectivity index (χ4v) is 2.76. The number of aliphatic carboxylic acids is 1. The number of carboxylic acids is 1. The number of hydrogen-bond acceptors (Lipinski definition) is 3. The van der Waals surface area contributed by atoms with E-state index in [1.807, 2.05) is 0 Å². The molecule has 0 radical (unpaired) electrons. The first-order valence-electron chi connectivity index (χ1n) is 6.23. The molecule has 1 fully saturated rings. The van der Waals surface area contributed by atoms with Gasteiger partial charge in [-0.25, -0.2) is 4.98 Å². The molecule has 5 nitrogen and oxygen atoms in total. The molecule has 2 aliphatic rings. The summed E-state index contributed by atoms with van der Waals surface area (Å²) in [6.07, 6.45) is 4.56. The molecule has 0 bridgehead atoms. The third-order valence-corrected chi connectivity index (χ3v) is 3.85. The summed E-state index contributed by atoms with van der Waals surface area (Å²) in [5, 5.41) is 12.4. The second kappa shape index (κ2) is 4.14. The molecule has 2 aliphatic heterocycles. The van der Waals surface area contributed by atoms with Gasteiger partial charge < -0.3 is 15.0 Å². The zero-order chi connectivity index (χ0) is 11.8. The van der Waals surface area contributed by atoms with Crippen LogP contribution < -0.4 is 5.32 Å². The molecule has 0 spiro atoms. The Bertz CT molecular complexity index is 435. The van der Waals surface area contributed by atoms with Gasteiger partial charge in [0.15, 0.2) is 0 Å². The minimum absolute atomic E-state index is 0.251. The molecule has 0 saturated carbocycles. The highest BCUT2D eigenvalue weighted by molar-refractivity contribution is 5.70. The van der Waals surface area contributed by atoms with Gasteiger partial charge in [-0.05, 0) is 19.4 Å². The molecule has 0 aromatic carbocycles. The maximum absolute atomic E-state index is 11.0. The Morgan fingerprint density at radius 1 is 1.53 bits per heavy atom. The highest BCUT2D eigenvalue weighted by atomic mass is 16.4. The third kappa shape index (κ3) is 1.95. The quantitative estimate of drug-likeness (QED) is 0.788. The molecular weight excluding hydrogens is 218 g/mol. The summed E-state index contributed by atoms with van der Waals surface area (Å²) in [5.41, 5.74) is 1.14. The molecule has 92 valence electrons. The summed E-state index contributed by atoms with van der Waals surface area (Å²) in [7, 11) is 0. The molecule has 17 heavy (non-hydrogen) atoms. The zero-order valence-corrected chi connectivity index (χ0v) is 9.72. The fraction of sp³-hybridized carbons (Fsp3) is 0.667. The first-order valence-corrected chi connectivity index (χ1v) is 6.23. The van der Waals surface area contributed by atoms with Crippen molar-refractivity contribution < 1.29 is 9.90 Å². The van der Waals surface area contributed by atoms with E-state index in [9.17, 15) is 4.79 Å². The monoisotopic (exact) mass is 235 g/mol. The predicted octanol–water partition coefficient (Wildman–Crippen LogP) is 0.607. The van der Waals surface area contributed by atoms with Gasteiger partial charge in [0.1, 0.15) is 5.82 Å². The van der Waals surface area contributed by atoms with Crippen LogP contribution in [0.3, 0.4) is 0 Å². The molecule has 2 atom stereocenters. The van der Waals surface area contributed by atoms with E-state index >= 15 is 0 Å². The Morgan fingerprint density at radius 2 is 2.41 bits per heavy atom. The van der Waals surface area contributed by atoms with Crippen molar-refractivity contribution in [3.8, 4) is 0 Å². The van der Waals surface area contributed by atoms with Crippen LogP contribution in [0.25, 0.3) is 0 Å². The predicted molar refractivity (Wildman–Crippen MR) is 61.9 cm³/mol. The van der Waals surface area contributed by atoms with Gasteiger partial charge in [-0.15, -0.1) is 0 Å². The number of nitrogens with zero attached hydrogens (tertiary/aromatic N) is 2. The number of nitrogens with one attached hydrogen (secondary N) is 1. The van der Waals surface area contributed by atoms with Crippen LogP contribution in [0.5, 0.6) is 0 Å². The van der Waals surface area contributed by atoms with Crippen LogP contribution in [0.15, 0.2) is 6.20 Å². The van der Waals surface area contributed by atoms with Crippen LogP contribution in [0, 0.1) is 5.92 Å². The molecule has 1 aromatic rings. The Balaban J connectivity index is 1.81. The van der Waals surface area contributed by atoms with E-state index in [1.165, 1.54) is 0 Å². The molecule has 3 rings (SSSR count). The summed E-state index contributed by atoms with van der Waals surface area (Å²) in [6.45, 7) is 2.85. The van der Waals surface area contributed by atoms with E-state index < -0.39 is 5.97 Å². The van der Waals surface area contributed by atoms with Crippen molar-refractivity contribution in [2.24, 2.45) is 5.92 Å². The van der Waals surface area contributed by atoms with Crippen LogP contribution in [0.1, 0.15) is 30.3 Å². The largest absolute Gasteiger partial charge is 0.481 e. The highest BCUT2D eigenvalue weighted by Crippen LogP contribution is 2.26. The first-order chi connectivity index (χ1) is 8.24. The zero-order valence-electron chi connectivity index (χ0n) is 9.72. The summed E-state index contributed by atoms with van der Waals surface area (Å²) >= 11 is 0. The van der Waals surface area contributed by atoms with Gasteiger partial charge in [0.2, 0.25) is 0 Å². The first kappa shape index (κ1) is 10.8. The lowest BCUT2D eigenvalue weighted by Crippen LogP contribution is -2.25. The molecule has 0 aliphatic carbocycles. The van der Waals surface area contributed by atoms with E-state index in [-0.39, 0.29) is 5.92 Å². The second-order valence-electron chi connectivity index (χ2n) is 4.99. The standard InChI is InChI=1S/C12H17N3O2/c16-12(17)8-2-4-15-7-10(14-11(15)5-8)9-1-3-13-6-9/h7-9,13H,1-6H2,(H,16,17). The molecular formula is C12H17N3O2. The number of fused-ring (bicyclic) bond motifs is 1. The Hall–Kier alpha value is -1.36. The van der Waals surface area contributed by atoms with Crippen LogP contribution in [-0.4, -0.2) is 33.7 Å². The number of aromatic nitrogens is 2. The minimum Gasteiger partial charge on any atom is -0.481 e. The van der Waals surface area contributed by atoms with Gasteiger partial charge >= 0.3 is 5.97 Å². The van der Waals surface area contributed by atoms with E-state index in [1.54, 1.807) is 0 Å². The van der Waals surface area contributed by atoms with Crippen molar-refractivity contribution in [3.05, 3.63) is 17.7 Å². The number of rotatable bonds is 2. The average molecular weight is 235 g/mol. The van der Waals surface area contributed by atoms with Crippen LogP contribution in [-0.2, 0) is 17.8 Å². The van der Waals surface area contributed by atoms with Crippen molar-refractivity contribution in [1.29, 1.82) is 0 Å². The maximum atomic E-state index is 11.0. The van der Waals surface area contributed by atoms with E-state index in [0.717, 1.165) is 44.0 Å². The van der Waals surface area contributed by atoms with Crippen molar-refractivity contribution >= 4 is 5.97 Å². The summed E-state index contributed by atoms with van der Waals surface area (Å²) in [5.74, 6) is 0.518. The lowest BCUT2D eigenvalue weighted by atomic mass is 9.98. The number of carbonyl (C=O) groups is 1. The van der Waals surface area contributed by atoms with Gasteiger partial charge in [-0.3, -0.25) is 4.79 Å². The van der Waals surface area contributed by atoms with Crippen molar-refractivity contribution in [3.63, 3.8) is 0 Å². The summed E-state index contributed by atoms with van der Waals surface area (Å²) in [6, 6.07) is 0. The molecule has 3 heterocycles. The lowest BCUT2D eigenvalue weighted by Gasteiger charge is -2.19. The minimum atomic E-state index is -0.691. The molecule has 0 amide bonds. The van der Waals surface area contributed by atoms with Crippen LogP contribution >= 0.6 is 0 Å². The van der Waals surface area contributed by atoms with Gasteiger partial charge in [0.25, 0.3) is 0 Å². The lowest BCUT2D eigenvalue weighted by molar-refractivity contribution is -0.142. The number of aryl methyl sites for hydroxylation is 1. The van der Waals surface area contributed by atoms with Crippen molar-refractivity contribution in [1.82, 2.24) is 14.9 Å². The molecule has 1 aromatic heterocycles. The van der Waals surface area contributed by atoms with Gasteiger partial charge in [0.05, 0.1) is 11.6 Å². The molecule has 1 saturated heterocycles. The van der Waals surface area contributed by atoms with E-state index in [0.29, 0.717) is 12.3 Å². The second-order valence-corrected chi connectivity index (χ2v) is 4.99. The smallest absolute Gasteiger partial charge is 0.307 e. The van der Waals surface area contributed by atoms with Gasteiger partial charge in [-0.1, -0.05) is 0 Å². The normalized spacial score (nSPS) is 28.0. The Morgan fingerprint density at radius 3 is 3.12 bits per heavy atom. The molecule has 2 N–H and O–H groups in total. The van der Waals surface area contributed by atoms with Gasteiger partial charge in [0, 0.05) is 31.6 Å². The maximum Gasteiger partial charge on any atom is 0.307 e. The Labute approximate surface area is 99.8 Å². The van der Waals surface area contributed by atoms with E-state index in [2.05, 4.69) is 21.1 Å². The number of carboxylic acid groups (broad SMARTS) is 1. The van der Waals surface area contributed by atoms with Crippen molar-refractivity contribution in [2.45, 2.75) is 31.7 Å². The van der Waals surface area contributed by atoms with Crippen molar-refractivity contribution in [2.75, 3.05) is 13.1 Å². The number of imidazole rings is 1. The topological polar surface area (TPSA) is 67.2 Å². The SMILES string of the molecule is O=C(O)C1CCn2cc(C3CCNC3)nc2C1. The van der Waals surface area contributed by atoms with Gasteiger partial charge in [-0.2, -0.15) is 0 Å². The summed E-state index contributed by atoms with van der Waals surface area (Å²) < 4.78 is 2.13. The Kier molecular flexibility index (Phi) is 2.63. The summed E-state index contributed by atoms with van der Waals surface area (Å²) in [4.78, 5) is 15.6. The van der Waals surface area contributed by atoms with E-state index in [4.69, 9.17) is 5.11 Å². The highest BCUT2D eigenvalue weighted by Gasteiger charge is 2.27.